The van der Waals surface area contributed by atoms with E-state index in [1.54, 1.807) is 0 Å². The Kier molecular flexibility index (Phi) is 4.22. The molecule has 0 aromatic heterocycles. The van der Waals surface area contributed by atoms with Crippen molar-refractivity contribution in [2.45, 2.75) is 6.42 Å². The zero-order valence-electron chi connectivity index (χ0n) is 10.3. The molecule has 0 saturated carbocycles. The molecule has 1 aromatic rings. The van der Waals surface area contributed by atoms with E-state index in [0.717, 1.165) is 4.90 Å². The van der Waals surface area contributed by atoms with Crippen LogP contribution in [0.5, 0.6) is 0 Å². The van der Waals surface area contributed by atoms with Crippen molar-refractivity contribution < 1.29 is 26.7 Å². The predicted octanol–water partition coefficient (Wildman–Crippen LogP) is 1.82. The lowest BCUT2D eigenvalue weighted by molar-refractivity contribution is 0.0753. The summed E-state index contributed by atoms with van der Waals surface area (Å²) in [6.07, 6.45) is 0.529. The molecule has 1 fully saturated rings. The number of benzene rings is 1. The number of halogens is 5. The van der Waals surface area contributed by atoms with E-state index in [0.29, 0.717) is 19.5 Å². The Morgan fingerprint density at radius 3 is 2.00 bits per heavy atom. The average molecular weight is 294 g/mol. The number of carbonyl (C=O) groups excluding carboxylic acids is 1. The summed E-state index contributed by atoms with van der Waals surface area (Å²) in [6, 6.07) is 0. The molecular formula is C12H11F5N2O. The van der Waals surface area contributed by atoms with Gasteiger partial charge in [-0.1, -0.05) is 0 Å². The second-order valence-electron chi connectivity index (χ2n) is 4.34. The van der Waals surface area contributed by atoms with Crippen molar-refractivity contribution >= 4 is 5.91 Å². The van der Waals surface area contributed by atoms with E-state index < -0.39 is 40.6 Å². The lowest BCUT2D eigenvalue weighted by Gasteiger charge is -2.20. The molecular weight excluding hydrogens is 283 g/mol. The van der Waals surface area contributed by atoms with Crippen LogP contribution in [0.4, 0.5) is 22.0 Å². The third-order valence-electron chi connectivity index (χ3n) is 3.05. The highest BCUT2D eigenvalue weighted by atomic mass is 19.2. The Morgan fingerprint density at radius 2 is 1.40 bits per heavy atom. The first-order valence-corrected chi connectivity index (χ1v) is 5.96. The van der Waals surface area contributed by atoms with Crippen molar-refractivity contribution in [3.63, 3.8) is 0 Å². The molecule has 0 spiro atoms. The smallest absolute Gasteiger partial charge is 0.260 e. The maximum Gasteiger partial charge on any atom is 0.260 e. The Morgan fingerprint density at radius 1 is 0.850 bits per heavy atom. The van der Waals surface area contributed by atoms with Gasteiger partial charge in [0.2, 0.25) is 5.82 Å². The lowest BCUT2D eigenvalue weighted by atomic mass is 10.1. The van der Waals surface area contributed by atoms with E-state index in [2.05, 4.69) is 5.32 Å². The molecule has 1 amide bonds. The van der Waals surface area contributed by atoms with Crippen LogP contribution in [0.15, 0.2) is 0 Å². The highest BCUT2D eigenvalue weighted by molar-refractivity contribution is 5.95. The molecule has 8 heteroatoms. The summed E-state index contributed by atoms with van der Waals surface area (Å²) in [5.74, 6) is -11.9. The number of carbonyl (C=O) groups is 1. The number of nitrogens with zero attached hydrogens (tertiary/aromatic N) is 1. The summed E-state index contributed by atoms with van der Waals surface area (Å²) < 4.78 is 66.1. The monoisotopic (exact) mass is 294 g/mol. The van der Waals surface area contributed by atoms with Gasteiger partial charge in [0.1, 0.15) is 5.56 Å². The van der Waals surface area contributed by atoms with Gasteiger partial charge in [-0.05, 0) is 13.0 Å². The van der Waals surface area contributed by atoms with Crippen LogP contribution >= 0.6 is 0 Å². The molecule has 1 saturated heterocycles. The van der Waals surface area contributed by atoms with Crippen molar-refractivity contribution in [1.29, 1.82) is 0 Å². The first kappa shape index (κ1) is 14.7. The van der Waals surface area contributed by atoms with Gasteiger partial charge < -0.3 is 10.2 Å². The summed E-state index contributed by atoms with van der Waals surface area (Å²) in [5, 5.41) is 2.96. The maximum absolute atomic E-state index is 13.5. The van der Waals surface area contributed by atoms with E-state index in [1.165, 1.54) is 0 Å². The van der Waals surface area contributed by atoms with Crippen LogP contribution in [-0.2, 0) is 0 Å². The fourth-order valence-electron chi connectivity index (χ4n) is 2.00. The van der Waals surface area contributed by atoms with Gasteiger partial charge in [0, 0.05) is 19.6 Å². The van der Waals surface area contributed by atoms with E-state index in [4.69, 9.17) is 0 Å². The number of nitrogens with one attached hydrogen (secondary N) is 1. The second kappa shape index (κ2) is 5.74. The summed E-state index contributed by atoms with van der Waals surface area (Å²) in [4.78, 5) is 13.0. The molecule has 2 rings (SSSR count). The molecule has 3 nitrogen and oxygen atoms in total. The Hall–Kier alpha value is -1.70. The largest absolute Gasteiger partial charge is 0.337 e. The third kappa shape index (κ3) is 2.47. The van der Waals surface area contributed by atoms with Gasteiger partial charge in [-0.3, -0.25) is 4.79 Å². The zero-order valence-corrected chi connectivity index (χ0v) is 10.3. The van der Waals surface area contributed by atoms with Gasteiger partial charge >= 0.3 is 0 Å². The van der Waals surface area contributed by atoms with Crippen LogP contribution in [-0.4, -0.2) is 37.0 Å². The minimum Gasteiger partial charge on any atom is -0.337 e. The average Bonchev–Trinajstić information content (AvgIpc) is 2.72. The van der Waals surface area contributed by atoms with Crippen molar-refractivity contribution in [2.24, 2.45) is 0 Å². The quantitative estimate of drug-likeness (QED) is 0.487. The predicted molar refractivity (Wildman–Crippen MR) is 59.6 cm³/mol. The zero-order chi connectivity index (χ0) is 14.9. The Balaban J connectivity index is 2.44. The summed E-state index contributed by atoms with van der Waals surface area (Å²) in [5.41, 5.74) is -1.40. The highest BCUT2D eigenvalue weighted by Gasteiger charge is 2.32. The third-order valence-corrected chi connectivity index (χ3v) is 3.05. The standard InChI is InChI=1S/C12H11F5N2O/c13-7-6(8(14)10(16)11(17)9(7)15)12(20)19-4-1-2-18-3-5-19/h18H,1-5H2. The van der Waals surface area contributed by atoms with E-state index >= 15 is 0 Å². The van der Waals surface area contributed by atoms with E-state index in [1.807, 2.05) is 0 Å². The van der Waals surface area contributed by atoms with Gasteiger partial charge in [-0.25, -0.2) is 22.0 Å². The number of rotatable bonds is 1. The van der Waals surface area contributed by atoms with Crippen molar-refractivity contribution in [3.05, 3.63) is 34.6 Å². The summed E-state index contributed by atoms with van der Waals surface area (Å²) >= 11 is 0. The SMILES string of the molecule is O=C(c1c(F)c(F)c(F)c(F)c1F)N1CCCNCC1. The number of amides is 1. The molecule has 1 aliphatic heterocycles. The minimum absolute atomic E-state index is 0.137. The van der Waals surface area contributed by atoms with Crippen LogP contribution in [0.25, 0.3) is 0 Å². The molecule has 0 aliphatic carbocycles. The normalized spacial score (nSPS) is 16.1. The maximum atomic E-state index is 13.5. The van der Waals surface area contributed by atoms with Gasteiger partial charge in [0.05, 0.1) is 0 Å². The minimum atomic E-state index is -2.27. The number of hydrogen-bond acceptors (Lipinski definition) is 2. The van der Waals surface area contributed by atoms with Crippen molar-refractivity contribution in [2.75, 3.05) is 26.2 Å². The van der Waals surface area contributed by atoms with Crippen LogP contribution < -0.4 is 5.32 Å². The molecule has 1 aliphatic rings. The van der Waals surface area contributed by atoms with Gasteiger partial charge in [-0.2, -0.15) is 0 Å². The van der Waals surface area contributed by atoms with E-state index in [-0.39, 0.29) is 13.1 Å². The first-order valence-electron chi connectivity index (χ1n) is 5.96. The van der Waals surface area contributed by atoms with Gasteiger partial charge in [0.25, 0.3) is 5.91 Å². The van der Waals surface area contributed by atoms with Crippen LogP contribution in [0.2, 0.25) is 0 Å². The van der Waals surface area contributed by atoms with Gasteiger partial charge in [0.15, 0.2) is 23.3 Å². The van der Waals surface area contributed by atoms with Crippen molar-refractivity contribution in [3.8, 4) is 0 Å². The molecule has 0 atom stereocenters. The topological polar surface area (TPSA) is 32.3 Å². The first-order chi connectivity index (χ1) is 9.45. The van der Waals surface area contributed by atoms with Crippen molar-refractivity contribution in [1.82, 2.24) is 10.2 Å². The molecule has 0 bridgehead atoms. The molecule has 1 N–H and O–H groups in total. The fraction of sp³-hybridized carbons (Fsp3) is 0.417. The van der Waals surface area contributed by atoms with Crippen LogP contribution in [0.3, 0.4) is 0 Å². The van der Waals surface area contributed by atoms with E-state index in [9.17, 15) is 26.7 Å². The van der Waals surface area contributed by atoms with Crippen LogP contribution in [0, 0.1) is 29.1 Å². The summed E-state index contributed by atoms with van der Waals surface area (Å²) in [6.45, 7) is 1.33. The van der Waals surface area contributed by atoms with Gasteiger partial charge in [-0.15, -0.1) is 0 Å². The second-order valence-corrected chi connectivity index (χ2v) is 4.34. The molecule has 0 radical (unpaired) electrons. The lowest BCUT2D eigenvalue weighted by Crippen LogP contribution is -2.35. The molecule has 110 valence electrons. The number of hydrogen-bond donors (Lipinski definition) is 1. The molecule has 20 heavy (non-hydrogen) atoms. The molecule has 1 aromatic carbocycles. The molecule has 1 heterocycles. The Labute approximate surface area is 111 Å². The molecule has 0 unspecified atom stereocenters. The highest BCUT2D eigenvalue weighted by Crippen LogP contribution is 2.24. The Bertz CT molecular complexity index is 512. The fourth-order valence-corrected chi connectivity index (χ4v) is 2.00. The van der Waals surface area contributed by atoms with Crippen LogP contribution in [0.1, 0.15) is 16.8 Å². The summed E-state index contributed by atoms with van der Waals surface area (Å²) in [7, 11) is 0.